The van der Waals surface area contributed by atoms with Crippen LogP contribution in [-0.4, -0.2) is 78.7 Å². The molecule has 2 fully saturated rings. The Balaban J connectivity index is 1.87. The minimum Gasteiger partial charge on any atom is -0.481 e. The summed E-state index contributed by atoms with van der Waals surface area (Å²) >= 11 is 0. The first-order chi connectivity index (χ1) is 9.82. The van der Waals surface area contributed by atoms with Crippen LogP contribution in [0.4, 0.5) is 0 Å². The summed E-state index contributed by atoms with van der Waals surface area (Å²) in [4.78, 5) is 24.1. The summed E-state index contributed by atoms with van der Waals surface area (Å²) in [5.41, 5.74) is 0. The van der Waals surface area contributed by atoms with Gasteiger partial charge in [-0.3, -0.25) is 9.59 Å². The summed E-state index contributed by atoms with van der Waals surface area (Å²) in [5, 5.41) is 8.61. The van der Waals surface area contributed by atoms with E-state index in [1.165, 1.54) is 11.4 Å². The second-order valence-electron chi connectivity index (χ2n) is 5.47. The van der Waals surface area contributed by atoms with Gasteiger partial charge in [-0.2, -0.15) is 17.0 Å². The number of piperazine rings is 1. The average Bonchev–Trinajstić information content (AvgIpc) is 3.28. The number of hydrogen-bond acceptors (Lipinski definition) is 4. The lowest BCUT2D eigenvalue weighted by atomic mass is 10.3. The van der Waals surface area contributed by atoms with Crippen molar-refractivity contribution in [3.63, 3.8) is 0 Å². The van der Waals surface area contributed by atoms with E-state index in [1.54, 1.807) is 4.90 Å². The van der Waals surface area contributed by atoms with Crippen molar-refractivity contribution in [3.05, 3.63) is 0 Å². The predicted octanol–water partition coefficient (Wildman–Crippen LogP) is -0.808. The van der Waals surface area contributed by atoms with Crippen LogP contribution in [0.5, 0.6) is 0 Å². The average molecular weight is 319 g/mol. The van der Waals surface area contributed by atoms with Gasteiger partial charge in [-0.25, -0.2) is 0 Å². The van der Waals surface area contributed by atoms with Crippen molar-refractivity contribution in [2.75, 3.05) is 39.8 Å². The first-order valence-corrected chi connectivity index (χ1v) is 8.44. The standard InChI is InChI=1S/C12H21N3O5S/c1-13(5-4-11(16)17)21(19,20)15-8-6-14(7-9-15)12(18)10-2-3-10/h10H,2-9H2,1H3,(H,16,17). The molecule has 9 heteroatoms. The highest BCUT2D eigenvalue weighted by Crippen LogP contribution is 2.31. The Morgan fingerprint density at radius 1 is 1.19 bits per heavy atom. The van der Waals surface area contributed by atoms with Gasteiger partial charge < -0.3 is 10.0 Å². The highest BCUT2D eigenvalue weighted by Gasteiger charge is 2.37. The van der Waals surface area contributed by atoms with E-state index in [0.717, 1.165) is 17.1 Å². The Bertz CT molecular complexity index is 509. The van der Waals surface area contributed by atoms with Crippen LogP contribution in [0.3, 0.4) is 0 Å². The molecule has 8 nitrogen and oxygen atoms in total. The number of hydrogen-bond donors (Lipinski definition) is 1. The highest BCUT2D eigenvalue weighted by atomic mass is 32.2. The van der Waals surface area contributed by atoms with E-state index < -0.39 is 16.2 Å². The third-order valence-electron chi connectivity index (χ3n) is 3.84. The largest absolute Gasteiger partial charge is 0.481 e. The fraction of sp³-hybridized carbons (Fsp3) is 0.833. The molecule has 1 aliphatic heterocycles. The van der Waals surface area contributed by atoms with Crippen molar-refractivity contribution >= 4 is 22.1 Å². The molecule has 21 heavy (non-hydrogen) atoms. The van der Waals surface area contributed by atoms with Crippen molar-refractivity contribution in [2.24, 2.45) is 5.92 Å². The van der Waals surface area contributed by atoms with Gasteiger partial charge in [0.1, 0.15) is 0 Å². The molecule has 2 rings (SSSR count). The summed E-state index contributed by atoms with van der Waals surface area (Å²) in [6.45, 7) is 1.28. The first kappa shape index (κ1) is 16.2. The predicted molar refractivity (Wildman–Crippen MR) is 74.7 cm³/mol. The molecule has 0 bridgehead atoms. The van der Waals surface area contributed by atoms with Crippen molar-refractivity contribution in [2.45, 2.75) is 19.3 Å². The number of carboxylic acid groups (broad SMARTS) is 1. The zero-order chi connectivity index (χ0) is 15.6. The van der Waals surface area contributed by atoms with Gasteiger partial charge in [-0.05, 0) is 12.8 Å². The lowest BCUT2D eigenvalue weighted by molar-refractivity contribution is -0.137. The van der Waals surface area contributed by atoms with Gasteiger partial charge in [0.05, 0.1) is 6.42 Å². The minimum atomic E-state index is -3.65. The van der Waals surface area contributed by atoms with Crippen molar-refractivity contribution < 1.29 is 23.1 Å². The van der Waals surface area contributed by atoms with Crippen molar-refractivity contribution in [1.82, 2.24) is 13.5 Å². The molecular weight excluding hydrogens is 298 g/mol. The molecule has 0 unspecified atom stereocenters. The molecule has 0 spiro atoms. The summed E-state index contributed by atoms with van der Waals surface area (Å²) in [7, 11) is -2.27. The molecular formula is C12H21N3O5S. The third kappa shape index (κ3) is 3.92. The van der Waals surface area contributed by atoms with Gasteiger partial charge in [0.15, 0.2) is 0 Å². The number of carbonyl (C=O) groups is 2. The summed E-state index contributed by atoms with van der Waals surface area (Å²) in [5.74, 6) is -0.755. The molecule has 1 saturated carbocycles. The van der Waals surface area contributed by atoms with E-state index in [9.17, 15) is 18.0 Å². The van der Waals surface area contributed by atoms with E-state index in [0.29, 0.717) is 13.1 Å². The number of amides is 1. The molecule has 2 aliphatic rings. The number of carbonyl (C=O) groups excluding carboxylic acids is 1. The molecule has 1 N–H and O–H groups in total. The van der Waals surface area contributed by atoms with Gasteiger partial charge in [0.2, 0.25) is 5.91 Å². The lowest BCUT2D eigenvalue weighted by Crippen LogP contribution is -2.54. The van der Waals surface area contributed by atoms with Crippen LogP contribution in [-0.2, 0) is 19.8 Å². The maximum absolute atomic E-state index is 12.3. The smallest absolute Gasteiger partial charge is 0.304 e. The molecule has 0 atom stereocenters. The van der Waals surface area contributed by atoms with Crippen LogP contribution >= 0.6 is 0 Å². The molecule has 120 valence electrons. The second kappa shape index (κ2) is 6.29. The SMILES string of the molecule is CN(CCC(=O)O)S(=O)(=O)N1CCN(C(=O)C2CC2)CC1. The van der Waals surface area contributed by atoms with Gasteiger partial charge in [0, 0.05) is 45.7 Å². The van der Waals surface area contributed by atoms with Crippen LogP contribution in [0.15, 0.2) is 0 Å². The highest BCUT2D eigenvalue weighted by molar-refractivity contribution is 7.86. The summed E-state index contributed by atoms with van der Waals surface area (Å²) < 4.78 is 26.9. The number of aliphatic carboxylic acids is 1. The normalized spacial score (nSPS) is 20.8. The van der Waals surface area contributed by atoms with E-state index in [4.69, 9.17) is 5.11 Å². The molecule has 1 heterocycles. The fourth-order valence-electron chi connectivity index (χ4n) is 2.29. The van der Waals surface area contributed by atoms with Gasteiger partial charge in [-0.15, -0.1) is 0 Å². The third-order valence-corrected chi connectivity index (χ3v) is 5.83. The molecule has 0 radical (unpaired) electrons. The minimum absolute atomic E-state index is 0.0567. The van der Waals surface area contributed by atoms with E-state index >= 15 is 0 Å². The van der Waals surface area contributed by atoms with Crippen LogP contribution in [0.1, 0.15) is 19.3 Å². The second-order valence-corrected chi connectivity index (χ2v) is 7.51. The summed E-state index contributed by atoms with van der Waals surface area (Å²) in [6.07, 6.45) is 1.65. The Morgan fingerprint density at radius 2 is 1.76 bits per heavy atom. The maximum atomic E-state index is 12.3. The Kier molecular flexibility index (Phi) is 4.84. The van der Waals surface area contributed by atoms with E-state index in [-0.39, 0.29) is 37.9 Å². The monoisotopic (exact) mass is 319 g/mol. The van der Waals surface area contributed by atoms with Crippen LogP contribution < -0.4 is 0 Å². The molecule has 1 amide bonds. The summed E-state index contributed by atoms with van der Waals surface area (Å²) in [6, 6.07) is 0. The number of rotatable bonds is 6. The van der Waals surface area contributed by atoms with Crippen LogP contribution in [0.2, 0.25) is 0 Å². The molecule has 0 aromatic carbocycles. The van der Waals surface area contributed by atoms with Crippen molar-refractivity contribution in [3.8, 4) is 0 Å². The molecule has 1 aliphatic carbocycles. The lowest BCUT2D eigenvalue weighted by Gasteiger charge is -2.35. The zero-order valence-electron chi connectivity index (χ0n) is 12.1. The Hall–Kier alpha value is -1.19. The van der Waals surface area contributed by atoms with E-state index in [1.807, 2.05) is 0 Å². The van der Waals surface area contributed by atoms with E-state index in [2.05, 4.69) is 0 Å². The Labute approximate surface area is 124 Å². The molecule has 0 aromatic rings. The van der Waals surface area contributed by atoms with Gasteiger partial charge in [0.25, 0.3) is 10.2 Å². The fourth-order valence-corrected chi connectivity index (χ4v) is 3.63. The quantitative estimate of drug-likeness (QED) is 0.690. The van der Waals surface area contributed by atoms with Gasteiger partial charge in [-0.1, -0.05) is 0 Å². The number of carboxylic acids is 1. The molecule has 1 saturated heterocycles. The van der Waals surface area contributed by atoms with Crippen LogP contribution in [0.25, 0.3) is 0 Å². The molecule has 0 aromatic heterocycles. The van der Waals surface area contributed by atoms with Gasteiger partial charge >= 0.3 is 5.97 Å². The maximum Gasteiger partial charge on any atom is 0.304 e. The Morgan fingerprint density at radius 3 is 2.24 bits per heavy atom. The number of nitrogens with zero attached hydrogens (tertiary/aromatic N) is 3. The zero-order valence-corrected chi connectivity index (χ0v) is 12.9. The first-order valence-electron chi connectivity index (χ1n) is 7.04. The van der Waals surface area contributed by atoms with Crippen molar-refractivity contribution in [1.29, 1.82) is 0 Å². The van der Waals surface area contributed by atoms with Crippen LogP contribution in [0, 0.1) is 5.92 Å². The topological polar surface area (TPSA) is 98.2 Å².